The SMILES string of the molecule is COc1ccc([N+](=O)[O-])cc1NC(=S)NC(=O)c1ccc(OCCC(C)C)c(Br)c1. The van der Waals surface area contributed by atoms with E-state index >= 15 is 0 Å². The van der Waals surface area contributed by atoms with Crippen molar-refractivity contribution in [3.8, 4) is 11.5 Å². The first-order valence-corrected chi connectivity index (χ1v) is 10.3. The summed E-state index contributed by atoms with van der Waals surface area (Å²) >= 11 is 8.57. The van der Waals surface area contributed by atoms with E-state index in [2.05, 4.69) is 40.4 Å². The first-order chi connectivity index (χ1) is 14.2. The van der Waals surface area contributed by atoms with E-state index in [-0.39, 0.29) is 16.5 Å². The molecule has 10 heteroatoms. The van der Waals surface area contributed by atoms with E-state index < -0.39 is 10.8 Å². The number of thiocarbonyl (C=S) groups is 1. The van der Waals surface area contributed by atoms with Gasteiger partial charge in [0.05, 0.1) is 28.8 Å². The standard InChI is InChI=1S/C20H22BrN3O5S/c1-12(2)8-9-29-17-6-4-13(10-15(17)21)19(25)23-20(30)22-16-11-14(24(26)27)5-7-18(16)28-3/h4-7,10-12H,8-9H2,1-3H3,(H2,22,23,25,30). The highest BCUT2D eigenvalue weighted by molar-refractivity contribution is 9.10. The maximum absolute atomic E-state index is 12.5. The number of nitro groups is 1. The van der Waals surface area contributed by atoms with Gasteiger partial charge in [0.1, 0.15) is 11.5 Å². The van der Waals surface area contributed by atoms with Gasteiger partial charge in [0, 0.05) is 17.7 Å². The van der Waals surface area contributed by atoms with E-state index in [1.54, 1.807) is 18.2 Å². The Balaban J connectivity index is 2.04. The number of methoxy groups -OCH3 is 1. The molecule has 0 atom stereocenters. The number of hydrogen-bond donors (Lipinski definition) is 2. The third-order valence-corrected chi connectivity index (χ3v) is 4.84. The zero-order chi connectivity index (χ0) is 22.3. The van der Waals surface area contributed by atoms with Crippen LogP contribution in [0, 0.1) is 16.0 Å². The number of non-ortho nitro benzene ring substituents is 1. The molecule has 0 fully saturated rings. The van der Waals surface area contributed by atoms with Crippen LogP contribution in [0.5, 0.6) is 11.5 Å². The summed E-state index contributed by atoms with van der Waals surface area (Å²) in [5.41, 5.74) is 0.504. The molecule has 0 radical (unpaired) electrons. The molecule has 0 saturated carbocycles. The van der Waals surface area contributed by atoms with Gasteiger partial charge in [-0.2, -0.15) is 0 Å². The summed E-state index contributed by atoms with van der Waals surface area (Å²) in [7, 11) is 1.43. The Morgan fingerprint density at radius 3 is 2.53 bits per heavy atom. The molecule has 0 aliphatic rings. The Bertz CT molecular complexity index is 952. The second-order valence-corrected chi connectivity index (χ2v) is 7.99. The third kappa shape index (κ3) is 6.67. The smallest absolute Gasteiger partial charge is 0.271 e. The number of carbonyl (C=O) groups excluding carboxylic acids is 1. The van der Waals surface area contributed by atoms with Crippen LogP contribution in [0.1, 0.15) is 30.6 Å². The fraction of sp³-hybridized carbons (Fsp3) is 0.300. The Labute approximate surface area is 188 Å². The Hall–Kier alpha value is -2.72. The number of anilines is 1. The van der Waals surface area contributed by atoms with E-state index in [9.17, 15) is 14.9 Å². The molecule has 0 unspecified atom stereocenters. The lowest BCUT2D eigenvalue weighted by Gasteiger charge is -2.13. The molecule has 8 nitrogen and oxygen atoms in total. The molecule has 2 rings (SSSR count). The van der Waals surface area contributed by atoms with Crippen molar-refractivity contribution in [3.05, 3.63) is 56.5 Å². The fourth-order valence-corrected chi connectivity index (χ4v) is 3.10. The van der Waals surface area contributed by atoms with Gasteiger partial charge in [-0.3, -0.25) is 20.2 Å². The van der Waals surface area contributed by atoms with Crippen LogP contribution in [0.25, 0.3) is 0 Å². The lowest BCUT2D eigenvalue weighted by atomic mass is 10.1. The van der Waals surface area contributed by atoms with Crippen LogP contribution in [0.3, 0.4) is 0 Å². The summed E-state index contributed by atoms with van der Waals surface area (Å²) in [5, 5.41) is 16.3. The summed E-state index contributed by atoms with van der Waals surface area (Å²) in [4.78, 5) is 22.9. The monoisotopic (exact) mass is 495 g/mol. The topological polar surface area (TPSA) is 103 Å². The van der Waals surface area contributed by atoms with Crippen molar-refractivity contribution in [3.63, 3.8) is 0 Å². The number of rotatable bonds is 8. The summed E-state index contributed by atoms with van der Waals surface area (Å²) in [6.45, 7) is 4.82. The number of benzene rings is 2. The molecule has 30 heavy (non-hydrogen) atoms. The van der Waals surface area contributed by atoms with E-state index in [0.29, 0.717) is 34.1 Å². The van der Waals surface area contributed by atoms with Gasteiger partial charge in [-0.15, -0.1) is 0 Å². The summed E-state index contributed by atoms with van der Waals surface area (Å²) in [6.07, 6.45) is 0.926. The highest BCUT2D eigenvalue weighted by atomic mass is 79.9. The van der Waals surface area contributed by atoms with Crippen LogP contribution < -0.4 is 20.1 Å². The zero-order valence-corrected chi connectivity index (χ0v) is 19.1. The van der Waals surface area contributed by atoms with Crippen LogP contribution in [0.15, 0.2) is 40.9 Å². The number of nitrogens with one attached hydrogen (secondary N) is 2. The molecule has 0 spiro atoms. The number of amides is 1. The molecule has 0 aliphatic heterocycles. The average Bonchev–Trinajstić information content (AvgIpc) is 2.68. The van der Waals surface area contributed by atoms with Crippen LogP contribution in [-0.4, -0.2) is 29.7 Å². The molecule has 0 bridgehead atoms. The molecule has 0 aliphatic carbocycles. The Kier molecular flexibility index (Phi) is 8.55. The molecule has 0 aromatic heterocycles. The second-order valence-electron chi connectivity index (χ2n) is 6.73. The highest BCUT2D eigenvalue weighted by Gasteiger charge is 2.15. The van der Waals surface area contributed by atoms with Crippen molar-refractivity contribution in [1.29, 1.82) is 0 Å². The number of nitrogens with zero attached hydrogens (tertiary/aromatic N) is 1. The predicted octanol–water partition coefficient (Wildman–Crippen LogP) is 4.92. The molecule has 2 N–H and O–H groups in total. The molecule has 0 saturated heterocycles. The van der Waals surface area contributed by atoms with Gasteiger partial charge in [-0.25, -0.2) is 0 Å². The fourth-order valence-electron chi connectivity index (χ4n) is 2.40. The maximum Gasteiger partial charge on any atom is 0.271 e. The van der Waals surface area contributed by atoms with Gasteiger partial charge in [-0.05, 0) is 64.8 Å². The molecule has 2 aromatic carbocycles. The summed E-state index contributed by atoms with van der Waals surface area (Å²) < 4.78 is 11.5. The first kappa shape index (κ1) is 23.6. The Morgan fingerprint density at radius 2 is 1.93 bits per heavy atom. The third-order valence-electron chi connectivity index (χ3n) is 4.02. The van der Waals surface area contributed by atoms with Gasteiger partial charge in [-0.1, -0.05) is 13.8 Å². The lowest BCUT2D eigenvalue weighted by Crippen LogP contribution is -2.34. The van der Waals surface area contributed by atoms with E-state index in [4.69, 9.17) is 21.7 Å². The second kappa shape index (κ2) is 10.9. The highest BCUT2D eigenvalue weighted by Crippen LogP contribution is 2.29. The van der Waals surface area contributed by atoms with Gasteiger partial charge in [0.15, 0.2) is 5.11 Å². The molecule has 160 valence electrons. The minimum absolute atomic E-state index is 0.0211. The van der Waals surface area contributed by atoms with Crippen molar-refractivity contribution in [2.75, 3.05) is 19.0 Å². The molecular formula is C20H22BrN3O5S. The lowest BCUT2D eigenvalue weighted by molar-refractivity contribution is -0.384. The van der Waals surface area contributed by atoms with Crippen LogP contribution in [0.4, 0.5) is 11.4 Å². The van der Waals surface area contributed by atoms with E-state index in [0.717, 1.165) is 6.42 Å². The van der Waals surface area contributed by atoms with Crippen molar-refractivity contribution in [2.45, 2.75) is 20.3 Å². The first-order valence-electron chi connectivity index (χ1n) is 9.08. The number of carbonyl (C=O) groups is 1. The number of halogens is 1. The van der Waals surface area contributed by atoms with Crippen molar-refractivity contribution in [2.24, 2.45) is 5.92 Å². The summed E-state index contributed by atoms with van der Waals surface area (Å²) in [5.74, 6) is 1.09. The molecule has 2 aromatic rings. The van der Waals surface area contributed by atoms with Gasteiger partial charge in [0.2, 0.25) is 0 Å². The quantitative estimate of drug-likeness (QED) is 0.304. The Morgan fingerprint density at radius 1 is 1.23 bits per heavy atom. The number of hydrogen-bond acceptors (Lipinski definition) is 6. The zero-order valence-electron chi connectivity index (χ0n) is 16.7. The molecule has 0 heterocycles. The minimum atomic E-state index is -0.533. The van der Waals surface area contributed by atoms with Gasteiger partial charge in [0.25, 0.3) is 11.6 Å². The normalized spacial score (nSPS) is 10.4. The van der Waals surface area contributed by atoms with Gasteiger partial charge >= 0.3 is 0 Å². The molecular weight excluding hydrogens is 474 g/mol. The minimum Gasteiger partial charge on any atom is -0.495 e. The van der Waals surface area contributed by atoms with E-state index in [1.165, 1.54) is 25.3 Å². The van der Waals surface area contributed by atoms with Crippen LogP contribution >= 0.6 is 28.1 Å². The van der Waals surface area contributed by atoms with Gasteiger partial charge < -0.3 is 14.8 Å². The van der Waals surface area contributed by atoms with Crippen molar-refractivity contribution >= 4 is 50.5 Å². The van der Waals surface area contributed by atoms with Crippen molar-refractivity contribution < 1.29 is 19.2 Å². The van der Waals surface area contributed by atoms with Crippen molar-refractivity contribution in [1.82, 2.24) is 5.32 Å². The summed E-state index contributed by atoms with van der Waals surface area (Å²) in [6, 6.07) is 9.00. The average molecular weight is 496 g/mol. The van der Waals surface area contributed by atoms with E-state index in [1.807, 2.05) is 0 Å². The molecule has 1 amide bonds. The number of nitro benzene ring substituents is 1. The largest absolute Gasteiger partial charge is 0.495 e. The van der Waals surface area contributed by atoms with Crippen LogP contribution in [-0.2, 0) is 0 Å². The van der Waals surface area contributed by atoms with Crippen LogP contribution in [0.2, 0.25) is 0 Å². The maximum atomic E-state index is 12.5. The number of ether oxygens (including phenoxy) is 2. The predicted molar refractivity (Wildman–Crippen MR) is 122 cm³/mol.